The summed E-state index contributed by atoms with van der Waals surface area (Å²) < 4.78 is 5.49. The van der Waals surface area contributed by atoms with Gasteiger partial charge >= 0.3 is 0 Å². The Labute approximate surface area is 178 Å². The molecule has 2 aromatic rings. The highest BCUT2D eigenvalue weighted by Gasteiger charge is 2.34. The van der Waals surface area contributed by atoms with Gasteiger partial charge in [-0.15, -0.1) is 0 Å². The van der Waals surface area contributed by atoms with Crippen LogP contribution in [0.4, 0.5) is 11.4 Å². The highest BCUT2D eigenvalue weighted by Crippen LogP contribution is 2.33. The number of fused-ring (bicyclic) bond motifs is 1. The molecule has 0 saturated carbocycles. The third-order valence-corrected chi connectivity index (χ3v) is 6.18. The van der Waals surface area contributed by atoms with Crippen LogP contribution in [0.25, 0.3) is 0 Å². The van der Waals surface area contributed by atoms with E-state index >= 15 is 0 Å². The van der Waals surface area contributed by atoms with Crippen molar-refractivity contribution in [1.82, 2.24) is 4.90 Å². The number of methoxy groups -OCH3 is 1. The lowest BCUT2D eigenvalue weighted by molar-refractivity contribution is -0.119. The summed E-state index contributed by atoms with van der Waals surface area (Å²) in [5.74, 6) is 0.772. The van der Waals surface area contributed by atoms with E-state index in [2.05, 4.69) is 6.07 Å². The first-order chi connectivity index (χ1) is 14.5. The number of amides is 2. The average Bonchev–Trinajstić information content (AvgIpc) is 2.78. The van der Waals surface area contributed by atoms with Crippen LogP contribution in [0.15, 0.2) is 42.5 Å². The number of benzene rings is 2. The van der Waals surface area contributed by atoms with Crippen molar-refractivity contribution < 1.29 is 14.3 Å². The lowest BCUT2D eigenvalue weighted by atomic mass is 9.95. The molecule has 2 aliphatic rings. The van der Waals surface area contributed by atoms with E-state index in [9.17, 15) is 9.59 Å². The summed E-state index contributed by atoms with van der Waals surface area (Å²) in [6.45, 7) is 1.27. The lowest BCUT2D eigenvalue weighted by Crippen LogP contribution is -2.50. The van der Waals surface area contributed by atoms with Crippen LogP contribution in [-0.2, 0) is 11.2 Å². The molecular formula is C24H29N3O3. The van der Waals surface area contributed by atoms with Crippen molar-refractivity contribution in [3.63, 3.8) is 0 Å². The molecular weight excluding hydrogens is 378 g/mol. The number of carbonyl (C=O) groups is 2. The largest absolute Gasteiger partial charge is 0.496 e. The van der Waals surface area contributed by atoms with Gasteiger partial charge in [0.1, 0.15) is 5.75 Å². The number of para-hydroxylation sites is 1. The normalized spacial score (nSPS) is 17.0. The van der Waals surface area contributed by atoms with Gasteiger partial charge in [0.15, 0.2) is 0 Å². The van der Waals surface area contributed by atoms with Gasteiger partial charge in [0.05, 0.1) is 12.7 Å². The third-order valence-electron chi connectivity index (χ3n) is 6.18. The Kier molecular flexibility index (Phi) is 5.66. The van der Waals surface area contributed by atoms with Gasteiger partial charge in [-0.25, -0.2) is 0 Å². The van der Waals surface area contributed by atoms with Gasteiger partial charge in [0.25, 0.3) is 5.91 Å². The van der Waals surface area contributed by atoms with Gasteiger partial charge in [0.2, 0.25) is 5.91 Å². The van der Waals surface area contributed by atoms with Crippen LogP contribution in [0, 0.1) is 0 Å². The molecule has 6 nitrogen and oxygen atoms in total. The molecule has 6 heteroatoms. The smallest absolute Gasteiger partial charge is 0.257 e. The number of nitrogens with zero attached hydrogens (tertiary/aromatic N) is 3. The molecule has 30 heavy (non-hydrogen) atoms. The van der Waals surface area contributed by atoms with E-state index in [1.165, 1.54) is 5.56 Å². The minimum absolute atomic E-state index is 0.0130. The minimum atomic E-state index is -0.0130. The Morgan fingerprint density at radius 2 is 1.80 bits per heavy atom. The van der Waals surface area contributed by atoms with Crippen LogP contribution in [0.5, 0.6) is 5.75 Å². The quantitative estimate of drug-likeness (QED) is 0.780. The number of ether oxygens (including phenoxy) is 1. The predicted octanol–water partition coefficient (Wildman–Crippen LogP) is 3.35. The molecule has 0 atom stereocenters. The van der Waals surface area contributed by atoms with E-state index in [0.29, 0.717) is 30.8 Å². The van der Waals surface area contributed by atoms with Gasteiger partial charge in [0, 0.05) is 57.1 Å². The number of hydrogen-bond donors (Lipinski definition) is 0. The highest BCUT2D eigenvalue weighted by molar-refractivity contribution is 5.98. The van der Waals surface area contributed by atoms with Gasteiger partial charge < -0.3 is 19.4 Å². The molecule has 1 saturated heterocycles. The van der Waals surface area contributed by atoms with Gasteiger partial charge in [-0.2, -0.15) is 0 Å². The molecule has 2 heterocycles. The average molecular weight is 408 g/mol. The molecule has 0 bridgehead atoms. The third kappa shape index (κ3) is 3.74. The summed E-state index contributed by atoms with van der Waals surface area (Å²) in [7, 11) is 5.51. The van der Waals surface area contributed by atoms with Crippen LogP contribution in [0.1, 0.15) is 35.2 Å². The topological polar surface area (TPSA) is 53.1 Å². The fraction of sp³-hybridized carbons (Fsp3) is 0.417. The zero-order valence-electron chi connectivity index (χ0n) is 17.9. The van der Waals surface area contributed by atoms with E-state index in [1.807, 2.05) is 65.2 Å². The van der Waals surface area contributed by atoms with Crippen molar-refractivity contribution in [3.8, 4) is 5.75 Å². The van der Waals surface area contributed by atoms with E-state index < -0.39 is 0 Å². The number of likely N-dealkylation sites (tertiary alicyclic amines) is 1. The molecule has 2 amide bonds. The minimum Gasteiger partial charge on any atom is -0.496 e. The second-order valence-corrected chi connectivity index (χ2v) is 8.19. The molecule has 0 unspecified atom stereocenters. The van der Waals surface area contributed by atoms with E-state index in [-0.39, 0.29) is 17.9 Å². The van der Waals surface area contributed by atoms with Crippen LogP contribution in [-0.4, -0.2) is 57.1 Å². The molecule has 4 rings (SSSR count). The standard InChI is InChI=1S/C24H29N3O3/c1-25(2)19-9-10-20(22(16-19)30-3)24(29)26-14-12-18(13-15-26)27-21-7-5-4-6-17(21)8-11-23(27)28/h4-7,9-10,16,18H,8,11-15H2,1-3H3. The Morgan fingerprint density at radius 3 is 2.50 bits per heavy atom. The summed E-state index contributed by atoms with van der Waals surface area (Å²) in [5, 5.41) is 0. The molecule has 0 aliphatic carbocycles. The summed E-state index contributed by atoms with van der Waals surface area (Å²) >= 11 is 0. The monoisotopic (exact) mass is 407 g/mol. The summed E-state index contributed by atoms with van der Waals surface area (Å²) in [4.78, 5) is 31.7. The molecule has 0 N–H and O–H groups in total. The van der Waals surface area contributed by atoms with Gasteiger partial charge in [-0.3, -0.25) is 9.59 Å². The Bertz CT molecular complexity index is 948. The molecule has 2 aliphatic heterocycles. The summed E-state index contributed by atoms with van der Waals surface area (Å²) in [5.41, 5.74) is 3.85. The molecule has 2 aromatic carbocycles. The second-order valence-electron chi connectivity index (χ2n) is 8.19. The first-order valence-electron chi connectivity index (χ1n) is 10.5. The maximum absolute atomic E-state index is 13.2. The van der Waals surface area contributed by atoms with Crippen molar-refractivity contribution in [2.45, 2.75) is 31.7 Å². The molecule has 158 valence electrons. The highest BCUT2D eigenvalue weighted by atomic mass is 16.5. The maximum atomic E-state index is 13.2. The van der Waals surface area contributed by atoms with E-state index in [1.54, 1.807) is 7.11 Å². The number of carbonyl (C=O) groups excluding carboxylic acids is 2. The second kappa shape index (κ2) is 8.38. The van der Waals surface area contributed by atoms with Crippen LogP contribution in [0.2, 0.25) is 0 Å². The van der Waals surface area contributed by atoms with Crippen LogP contribution in [0.3, 0.4) is 0 Å². The van der Waals surface area contributed by atoms with E-state index in [4.69, 9.17) is 4.74 Å². The fourth-order valence-electron chi connectivity index (χ4n) is 4.49. The molecule has 1 fully saturated rings. The molecule has 0 spiro atoms. The zero-order chi connectivity index (χ0) is 21.3. The summed E-state index contributed by atoms with van der Waals surface area (Å²) in [6.07, 6.45) is 2.94. The number of rotatable bonds is 4. The Morgan fingerprint density at radius 1 is 1.07 bits per heavy atom. The van der Waals surface area contributed by atoms with Crippen LogP contribution >= 0.6 is 0 Å². The zero-order valence-corrected chi connectivity index (χ0v) is 17.9. The number of piperidine rings is 1. The van der Waals surface area contributed by atoms with E-state index in [0.717, 1.165) is 30.6 Å². The van der Waals surface area contributed by atoms with Gasteiger partial charge in [-0.1, -0.05) is 18.2 Å². The number of aryl methyl sites for hydroxylation is 1. The van der Waals surface area contributed by atoms with Crippen LogP contribution < -0.4 is 14.5 Å². The Hall–Kier alpha value is -3.02. The van der Waals surface area contributed by atoms with Crippen molar-refractivity contribution in [2.75, 3.05) is 44.1 Å². The first-order valence-corrected chi connectivity index (χ1v) is 10.5. The predicted molar refractivity (Wildman–Crippen MR) is 118 cm³/mol. The SMILES string of the molecule is COc1cc(N(C)C)ccc1C(=O)N1CCC(N2C(=O)CCc3ccccc32)CC1. The number of anilines is 2. The van der Waals surface area contributed by atoms with Crippen molar-refractivity contribution in [1.29, 1.82) is 0 Å². The van der Waals surface area contributed by atoms with Crippen molar-refractivity contribution >= 4 is 23.2 Å². The van der Waals surface area contributed by atoms with Crippen molar-refractivity contribution in [2.24, 2.45) is 0 Å². The molecule has 0 radical (unpaired) electrons. The van der Waals surface area contributed by atoms with Gasteiger partial charge in [-0.05, 0) is 43.0 Å². The molecule has 0 aromatic heterocycles. The fourth-order valence-corrected chi connectivity index (χ4v) is 4.49. The Balaban J connectivity index is 1.48. The summed E-state index contributed by atoms with van der Waals surface area (Å²) in [6, 6.07) is 14.0. The van der Waals surface area contributed by atoms with Crippen molar-refractivity contribution in [3.05, 3.63) is 53.6 Å². The number of hydrogen-bond acceptors (Lipinski definition) is 4. The lowest BCUT2D eigenvalue weighted by Gasteiger charge is -2.41. The first kappa shape index (κ1) is 20.3. The maximum Gasteiger partial charge on any atom is 0.257 e.